The smallest absolute Gasteiger partial charge is 0.257 e. The number of rotatable bonds is 6. The average molecular weight is 419 g/mol. The summed E-state index contributed by atoms with van der Waals surface area (Å²) >= 11 is 0. The van der Waals surface area contributed by atoms with E-state index < -0.39 is 0 Å². The number of hydrogen-bond acceptors (Lipinski definition) is 4. The van der Waals surface area contributed by atoms with E-state index in [1.54, 1.807) is 7.11 Å². The van der Waals surface area contributed by atoms with Crippen LogP contribution in [0.5, 0.6) is 5.75 Å². The van der Waals surface area contributed by atoms with Crippen LogP contribution in [0.2, 0.25) is 0 Å². The molecule has 0 atom stereocenters. The lowest BCUT2D eigenvalue weighted by molar-refractivity contribution is 0.0660. The minimum Gasteiger partial charge on any atom is -0.497 e. The lowest BCUT2D eigenvalue weighted by Gasteiger charge is -2.35. The van der Waals surface area contributed by atoms with Gasteiger partial charge in [0.15, 0.2) is 0 Å². The van der Waals surface area contributed by atoms with E-state index in [1.807, 2.05) is 65.3 Å². The maximum Gasteiger partial charge on any atom is 0.257 e. The molecule has 6 nitrogen and oxygen atoms in total. The van der Waals surface area contributed by atoms with E-state index >= 15 is 0 Å². The highest BCUT2D eigenvalue weighted by Gasteiger charge is 2.28. The summed E-state index contributed by atoms with van der Waals surface area (Å²) < 4.78 is 7.26. The van der Waals surface area contributed by atoms with E-state index in [4.69, 9.17) is 9.84 Å². The maximum absolute atomic E-state index is 13.6. The first-order valence-electron chi connectivity index (χ1n) is 10.8. The van der Waals surface area contributed by atoms with Gasteiger partial charge in [-0.1, -0.05) is 42.5 Å². The topological polar surface area (TPSA) is 50.6 Å². The maximum atomic E-state index is 13.6. The third-order valence-electron chi connectivity index (χ3n) is 6.08. The Bertz CT molecular complexity index is 1020. The predicted molar refractivity (Wildman–Crippen MR) is 122 cm³/mol. The van der Waals surface area contributed by atoms with Gasteiger partial charge in [-0.2, -0.15) is 5.10 Å². The first-order chi connectivity index (χ1) is 15.0. The summed E-state index contributed by atoms with van der Waals surface area (Å²) in [5.74, 6) is 0.767. The molecule has 1 aromatic heterocycles. The molecule has 0 unspecified atom stereocenters. The first kappa shape index (κ1) is 21.1. The monoisotopic (exact) mass is 418 g/mol. The molecule has 1 aliphatic rings. The van der Waals surface area contributed by atoms with E-state index in [0.29, 0.717) is 17.8 Å². The van der Waals surface area contributed by atoms with E-state index in [-0.39, 0.29) is 11.9 Å². The minimum atomic E-state index is 0.0201. The fourth-order valence-corrected chi connectivity index (χ4v) is 4.15. The van der Waals surface area contributed by atoms with Crippen LogP contribution in [0.1, 0.15) is 28.8 Å². The number of carbonyl (C=O) groups excluding carboxylic acids is 1. The molecule has 0 N–H and O–H groups in total. The molecule has 3 aromatic rings. The summed E-state index contributed by atoms with van der Waals surface area (Å²) in [4.78, 5) is 17.8. The van der Waals surface area contributed by atoms with Crippen LogP contribution in [0.25, 0.3) is 11.3 Å². The Labute approximate surface area is 184 Å². The molecule has 2 heterocycles. The predicted octanol–water partition coefficient (Wildman–Crippen LogP) is 3.77. The number of hydrogen-bond donors (Lipinski definition) is 0. The lowest BCUT2D eigenvalue weighted by atomic mass is 10.0. The Morgan fingerprint density at radius 2 is 1.87 bits per heavy atom. The summed E-state index contributed by atoms with van der Waals surface area (Å²) in [7, 11) is 5.70. The molecule has 1 aliphatic heterocycles. The van der Waals surface area contributed by atoms with Gasteiger partial charge in [-0.15, -0.1) is 0 Å². The van der Waals surface area contributed by atoms with Crippen molar-refractivity contribution >= 4 is 5.91 Å². The van der Waals surface area contributed by atoms with Crippen LogP contribution in [0.15, 0.2) is 60.8 Å². The van der Waals surface area contributed by atoms with Crippen molar-refractivity contribution in [3.05, 3.63) is 71.9 Å². The van der Waals surface area contributed by atoms with Crippen molar-refractivity contribution in [2.45, 2.75) is 25.4 Å². The van der Waals surface area contributed by atoms with Crippen molar-refractivity contribution in [3.63, 3.8) is 0 Å². The molecule has 0 radical (unpaired) electrons. The Balaban J connectivity index is 1.67. The highest BCUT2D eigenvalue weighted by Crippen LogP contribution is 2.28. The van der Waals surface area contributed by atoms with Gasteiger partial charge in [0, 0.05) is 24.8 Å². The van der Waals surface area contributed by atoms with Gasteiger partial charge in [-0.3, -0.25) is 9.48 Å². The van der Waals surface area contributed by atoms with Crippen LogP contribution in [0.4, 0.5) is 0 Å². The van der Waals surface area contributed by atoms with Gasteiger partial charge in [-0.25, -0.2) is 0 Å². The van der Waals surface area contributed by atoms with Gasteiger partial charge in [0.25, 0.3) is 5.91 Å². The van der Waals surface area contributed by atoms with Crippen LogP contribution in [0, 0.1) is 0 Å². The quantitative estimate of drug-likeness (QED) is 0.611. The minimum absolute atomic E-state index is 0.0201. The van der Waals surface area contributed by atoms with Gasteiger partial charge >= 0.3 is 0 Å². The first-order valence-corrected chi connectivity index (χ1v) is 10.8. The van der Waals surface area contributed by atoms with Crippen LogP contribution in [0.3, 0.4) is 0 Å². The van der Waals surface area contributed by atoms with Gasteiger partial charge in [0.1, 0.15) is 11.4 Å². The molecule has 1 fully saturated rings. The fraction of sp³-hybridized carbons (Fsp3) is 0.360. The third kappa shape index (κ3) is 4.80. The largest absolute Gasteiger partial charge is 0.497 e. The normalized spacial score (nSPS) is 15.1. The van der Waals surface area contributed by atoms with Crippen LogP contribution in [-0.2, 0) is 6.54 Å². The van der Waals surface area contributed by atoms with E-state index in [0.717, 1.165) is 42.8 Å². The Kier molecular flexibility index (Phi) is 6.37. The molecule has 0 saturated carbocycles. The van der Waals surface area contributed by atoms with Crippen LogP contribution in [-0.4, -0.2) is 65.8 Å². The molecule has 2 aromatic carbocycles. The molecule has 0 aliphatic carbocycles. The van der Waals surface area contributed by atoms with E-state index in [2.05, 4.69) is 24.1 Å². The fourth-order valence-electron chi connectivity index (χ4n) is 4.15. The second kappa shape index (κ2) is 9.35. The number of benzene rings is 2. The summed E-state index contributed by atoms with van der Waals surface area (Å²) in [6.07, 6.45) is 3.87. The van der Waals surface area contributed by atoms with Gasteiger partial charge in [0.2, 0.25) is 0 Å². The number of piperidine rings is 1. The molecule has 0 bridgehead atoms. The average Bonchev–Trinajstić information content (AvgIpc) is 3.23. The SMILES string of the molecule is COc1cccc(-c2nn(Cc3ccccc3)cc2C(=O)N(C)C2CCN(C)CC2)c1. The van der Waals surface area contributed by atoms with Gasteiger partial charge < -0.3 is 14.5 Å². The van der Waals surface area contributed by atoms with Crippen molar-refractivity contribution in [3.8, 4) is 17.0 Å². The van der Waals surface area contributed by atoms with Crippen molar-refractivity contribution in [2.24, 2.45) is 0 Å². The zero-order valence-electron chi connectivity index (χ0n) is 18.5. The summed E-state index contributed by atoms with van der Waals surface area (Å²) in [5, 5.41) is 4.82. The zero-order valence-corrected chi connectivity index (χ0v) is 18.5. The number of ether oxygens (including phenoxy) is 1. The molecule has 0 spiro atoms. The summed E-state index contributed by atoms with van der Waals surface area (Å²) in [6.45, 7) is 2.64. The molecule has 1 amide bonds. The van der Waals surface area contributed by atoms with Crippen LogP contribution < -0.4 is 4.74 Å². The number of likely N-dealkylation sites (tertiary alicyclic amines) is 1. The Hall–Kier alpha value is -3.12. The molecular formula is C25H30N4O2. The Morgan fingerprint density at radius 1 is 1.13 bits per heavy atom. The van der Waals surface area contributed by atoms with Crippen molar-refractivity contribution in [2.75, 3.05) is 34.3 Å². The Morgan fingerprint density at radius 3 is 2.58 bits per heavy atom. The molecular weight excluding hydrogens is 388 g/mol. The summed E-state index contributed by atoms with van der Waals surface area (Å²) in [6, 6.07) is 18.2. The molecule has 4 rings (SSSR count). The highest BCUT2D eigenvalue weighted by atomic mass is 16.5. The third-order valence-corrected chi connectivity index (χ3v) is 6.08. The van der Waals surface area contributed by atoms with Gasteiger partial charge in [0.05, 0.1) is 19.2 Å². The number of amides is 1. The van der Waals surface area contributed by atoms with Crippen molar-refractivity contribution in [1.82, 2.24) is 19.6 Å². The number of carbonyl (C=O) groups is 1. The highest BCUT2D eigenvalue weighted by molar-refractivity contribution is 6.00. The number of nitrogens with zero attached hydrogens (tertiary/aromatic N) is 4. The second-order valence-electron chi connectivity index (χ2n) is 8.26. The standard InChI is InChI=1S/C25H30N4O2/c1-27-14-12-21(13-15-27)28(2)25(30)23-18-29(17-19-8-5-4-6-9-19)26-24(23)20-10-7-11-22(16-20)31-3/h4-11,16,18,21H,12-15,17H2,1-3H3. The van der Waals surface area contributed by atoms with Crippen LogP contribution >= 0.6 is 0 Å². The molecule has 6 heteroatoms. The number of methoxy groups -OCH3 is 1. The summed E-state index contributed by atoms with van der Waals surface area (Å²) in [5.41, 5.74) is 3.35. The molecule has 31 heavy (non-hydrogen) atoms. The molecule has 162 valence electrons. The number of aromatic nitrogens is 2. The second-order valence-corrected chi connectivity index (χ2v) is 8.26. The zero-order chi connectivity index (χ0) is 21.8. The van der Waals surface area contributed by atoms with Crippen molar-refractivity contribution < 1.29 is 9.53 Å². The van der Waals surface area contributed by atoms with Gasteiger partial charge in [-0.05, 0) is 50.7 Å². The van der Waals surface area contributed by atoms with Crippen molar-refractivity contribution in [1.29, 1.82) is 0 Å². The lowest BCUT2D eigenvalue weighted by Crippen LogP contribution is -2.44. The molecule has 1 saturated heterocycles. The van der Waals surface area contributed by atoms with E-state index in [1.165, 1.54) is 0 Å². The van der Waals surface area contributed by atoms with E-state index in [9.17, 15) is 4.79 Å².